The molecule has 2 aromatic rings. The number of aromatic nitrogens is 4. The summed E-state index contributed by atoms with van der Waals surface area (Å²) >= 11 is 0. The van der Waals surface area contributed by atoms with Crippen molar-refractivity contribution in [2.45, 2.75) is 45.4 Å². The molecule has 1 aliphatic heterocycles. The van der Waals surface area contributed by atoms with Crippen molar-refractivity contribution in [3.63, 3.8) is 0 Å². The number of carbonyl (C=O) groups is 1. The molecule has 1 aliphatic rings. The summed E-state index contributed by atoms with van der Waals surface area (Å²) in [4.78, 5) is 27.2. The molecule has 1 saturated heterocycles. The summed E-state index contributed by atoms with van der Waals surface area (Å²) in [6, 6.07) is 0. The van der Waals surface area contributed by atoms with E-state index >= 15 is 0 Å². The molecule has 23 heavy (non-hydrogen) atoms. The van der Waals surface area contributed by atoms with E-state index in [1.54, 1.807) is 11.1 Å². The van der Waals surface area contributed by atoms with Crippen LogP contribution < -0.4 is 0 Å². The van der Waals surface area contributed by atoms with Crippen LogP contribution in [-0.4, -0.2) is 44.0 Å². The first-order valence-corrected chi connectivity index (χ1v) is 7.96. The van der Waals surface area contributed by atoms with Crippen LogP contribution in [0.1, 0.15) is 66.4 Å². The smallest absolute Gasteiger partial charge is 0.274 e. The van der Waals surface area contributed by atoms with Crippen LogP contribution in [0.2, 0.25) is 0 Å². The van der Waals surface area contributed by atoms with Gasteiger partial charge in [0.25, 0.3) is 5.91 Å². The first kappa shape index (κ1) is 15.6. The number of hydrogen-bond acceptors (Lipinski definition) is 6. The predicted molar refractivity (Wildman–Crippen MR) is 83.0 cm³/mol. The Morgan fingerprint density at radius 2 is 2.17 bits per heavy atom. The SMILES string of the molecule is Cc1cnc(C(=O)N2CCC[C@@H](c3noc(C(C)C)n3)C2)cn1. The Hall–Kier alpha value is -2.31. The fraction of sp³-hybridized carbons (Fsp3) is 0.562. The molecular formula is C16H21N5O2. The maximum Gasteiger partial charge on any atom is 0.274 e. The molecule has 0 radical (unpaired) electrons. The van der Waals surface area contributed by atoms with Crippen molar-refractivity contribution in [1.82, 2.24) is 25.0 Å². The summed E-state index contributed by atoms with van der Waals surface area (Å²) in [6.07, 6.45) is 5.02. The lowest BCUT2D eigenvalue weighted by Gasteiger charge is -2.30. The Balaban J connectivity index is 1.72. The third-order valence-electron chi connectivity index (χ3n) is 4.03. The van der Waals surface area contributed by atoms with Gasteiger partial charge in [0.1, 0.15) is 5.69 Å². The van der Waals surface area contributed by atoms with Crippen molar-refractivity contribution in [3.05, 3.63) is 35.5 Å². The highest BCUT2D eigenvalue weighted by atomic mass is 16.5. The summed E-state index contributed by atoms with van der Waals surface area (Å²) in [5.41, 5.74) is 1.18. The maximum absolute atomic E-state index is 12.6. The molecule has 3 rings (SSSR count). The minimum atomic E-state index is -0.0882. The van der Waals surface area contributed by atoms with Gasteiger partial charge in [-0.3, -0.25) is 9.78 Å². The Kier molecular flexibility index (Phi) is 4.36. The van der Waals surface area contributed by atoms with Crippen LogP contribution in [0.25, 0.3) is 0 Å². The minimum Gasteiger partial charge on any atom is -0.339 e. The molecule has 0 unspecified atom stereocenters. The largest absolute Gasteiger partial charge is 0.339 e. The van der Waals surface area contributed by atoms with Crippen LogP contribution in [-0.2, 0) is 0 Å². The number of aryl methyl sites for hydroxylation is 1. The maximum atomic E-state index is 12.6. The molecule has 1 amide bonds. The Labute approximate surface area is 135 Å². The van der Waals surface area contributed by atoms with Gasteiger partial charge >= 0.3 is 0 Å². The highest BCUT2D eigenvalue weighted by Crippen LogP contribution is 2.26. The first-order valence-electron chi connectivity index (χ1n) is 7.96. The van der Waals surface area contributed by atoms with E-state index < -0.39 is 0 Å². The number of carbonyl (C=O) groups excluding carboxylic acids is 1. The Morgan fingerprint density at radius 3 is 2.83 bits per heavy atom. The molecular weight excluding hydrogens is 294 g/mol. The quantitative estimate of drug-likeness (QED) is 0.864. The zero-order valence-electron chi connectivity index (χ0n) is 13.7. The van der Waals surface area contributed by atoms with Gasteiger partial charge in [-0.15, -0.1) is 0 Å². The molecule has 0 saturated carbocycles. The van der Waals surface area contributed by atoms with Gasteiger partial charge in [0.2, 0.25) is 5.89 Å². The second kappa shape index (κ2) is 6.44. The molecule has 122 valence electrons. The molecule has 0 aromatic carbocycles. The van der Waals surface area contributed by atoms with Crippen molar-refractivity contribution in [3.8, 4) is 0 Å². The summed E-state index contributed by atoms with van der Waals surface area (Å²) in [7, 11) is 0. The summed E-state index contributed by atoms with van der Waals surface area (Å²) in [6.45, 7) is 7.19. The topological polar surface area (TPSA) is 85.0 Å². The van der Waals surface area contributed by atoms with Gasteiger partial charge in [-0.05, 0) is 19.8 Å². The van der Waals surface area contributed by atoms with Crippen molar-refractivity contribution in [2.75, 3.05) is 13.1 Å². The first-order chi connectivity index (χ1) is 11.0. The van der Waals surface area contributed by atoms with Gasteiger partial charge in [-0.25, -0.2) is 4.98 Å². The second-order valence-corrected chi connectivity index (χ2v) is 6.28. The molecule has 3 heterocycles. The van der Waals surface area contributed by atoms with Gasteiger partial charge < -0.3 is 9.42 Å². The summed E-state index contributed by atoms with van der Waals surface area (Å²) in [5.74, 6) is 1.58. The lowest BCUT2D eigenvalue weighted by Crippen LogP contribution is -2.39. The third-order valence-corrected chi connectivity index (χ3v) is 4.03. The van der Waals surface area contributed by atoms with E-state index in [1.807, 2.05) is 20.8 Å². The molecule has 0 N–H and O–H groups in total. The van der Waals surface area contributed by atoms with E-state index in [-0.39, 0.29) is 17.7 Å². The summed E-state index contributed by atoms with van der Waals surface area (Å²) in [5, 5.41) is 4.09. The van der Waals surface area contributed by atoms with Crippen molar-refractivity contribution < 1.29 is 9.32 Å². The lowest BCUT2D eigenvalue weighted by atomic mass is 9.97. The Bertz CT molecular complexity index is 680. The fourth-order valence-electron chi connectivity index (χ4n) is 2.68. The monoisotopic (exact) mass is 315 g/mol. The molecule has 1 fully saturated rings. The van der Waals surface area contributed by atoms with Crippen LogP contribution in [0.15, 0.2) is 16.9 Å². The number of piperidine rings is 1. The second-order valence-electron chi connectivity index (χ2n) is 6.28. The number of rotatable bonds is 3. The number of amides is 1. The van der Waals surface area contributed by atoms with Crippen molar-refractivity contribution >= 4 is 5.91 Å². The van der Waals surface area contributed by atoms with Crippen LogP contribution in [0.3, 0.4) is 0 Å². The van der Waals surface area contributed by atoms with E-state index in [9.17, 15) is 4.79 Å². The van der Waals surface area contributed by atoms with E-state index in [4.69, 9.17) is 4.52 Å². The van der Waals surface area contributed by atoms with E-state index in [2.05, 4.69) is 20.1 Å². The number of likely N-dealkylation sites (tertiary alicyclic amines) is 1. The van der Waals surface area contributed by atoms with Crippen LogP contribution in [0.5, 0.6) is 0 Å². The zero-order chi connectivity index (χ0) is 16.4. The van der Waals surface area contributed by atoms with E-state index in [0.717, 1.165) is 25.1 Å². The van der Waals surface area contributed by atoms with Gasteiger partial charge in [0.05, 0.1) is 11.9 Å². The number of nitrogens with zero attached hydrogens (tertiary/aromatic N) is 5. The molecule has 0 aliphatic carbocycles. The minimum absolute atomic E-state index is 0.0882. The molecule has 1 atom stereocenters. The number of hydrogen-bond donors (Lipinski definition) is 0. The summed E-state index contributed by atoms with van der Waals surface area (Å²) < 4.78 is 5.29. The molecule has 0 bridgehead atoms. The fourth-order valence-corrected chi connectivity index (χ4v) is 2.68. The van der Waals surface area contributed by atoms with Crippen LogP contribution in [0, 0.1) is 6.92 Å². The third kappa shape index (κ3) is 3.38. The van der Waals surface area contributed by atoms with Crippen molar-refractivity contribution in [1.29, 1.82) is 0 Å². The van der Waals surface area contributed by atoms with Gasteiger partial charge in [-0.2, -0.15) is 4.98 Å². The molecule has 7 nitrogen and oxygen atoms in total. The lowest BCUT2D eigenvalue weighted by molar-refractivity contribution is 0.0697. The predicted octanol–water partition coefficient (Wildman–Crippen LogP) is 2.31. The average molecular weight is 315 g/mol. The van der Waals surface area contributed by atoms with Crippen LogP contribution >= 0.6 is 0 Å². The normalized spacial score (nSPS) is 18.4. The molecule has 0 spiro atoms. The highest BCUT2D eigenvalue weighted by Gasteiger charge is 2.29. The highest BCUT2D eigenvalue weighted by molar-refractivity contribution is 5.92. The molecule has 7 heteroatoms. The van der Waals surface area contributed by atoms with Gasteiger partial charge in [-0.1, -0.05) is 19.0 Å². The molecule has 2 aromatic heterocycles. The van der Waals surface area contributed by atoms with Gasteiger partial charge in [0, 0.05) is 31.1 Å². The zero-order valence-corrected chi connectivity index (χ0v) is 13.7. The van der Waals surface area contributed by atoms with Crippen molar-refractivity contribution in [2.24, 2.45) is 0 Å². The van der Waals surface area contributed by atoms with Gasteiger partial charge in [0.15, 0.2) is 5.82 Å². The average Bonchev–Trinajstić information content (AvgIpc) is 3.05. The van der Waals surface area contributed by atoms with Crippen LogP contribution in [0.4, 0.5) is 0 Å². The standard InChI is InChI=1S/C16H21N5O2/c1-10(2)15-19-14(20-23-15)12-5-4-6-21(9-12)16(22)13-8-17-11(3)7-18-13/h7-8,10,12H,4-6,9H2,1-3H3/t12-/m1/s1. The Morgan fingerprint density at radius 1 is 1.35 bits per heavy atom. The van der Waals surface area contributed by atoms with E-state index in [0.29, 0.717) is 24.0 Å². The van der Waals surface area contributed by atoms with E-state index in [1.165, 1.54) is 6.20 Å².